The maximum Gasteiger partial charge on any atom is 0.158 e. The molecule has 0 aromatic heterocycles. The molecule has 0 spiro atoms. The first-order valence-electron chi connectivity index (χ1n) is 3.61. The second-order valence-electron chi connectivity index (χ2n) is 2.66. The van der Waals surface area contributed by atoms with Crippen molar-refractivity contribution < 1.29 is 9.90 Å². The van der Waals surface area contributed by atoms with Crippen LogP contribution in [-0.2, 0) is 4.79 Å². The largest absolute Gasteiger partial charge is 0.388 e. The third-order valence-electron chi connectivity index (χ3n) is 1.81. The van der Waals surface area contributed by atoms with Crippen LogP contribution in [0.15, 0.2) is 11.6 Å². The fraction of sp³-hybridized carbons (Fsp3) is 0.625. The highest BCUT2D eigenvalue weighted by molar-refractivity contribution is 5.94. The molecular formula is C8H12O2. The molecule has 0 aliphatic heterocycles. The summed E-state index contributed by atoms with van der Waals surface area (Å²) < 4.78 is 0. The van der Waals surface area contributed by atoms with Crippen LogP contribution in [0.2, 0.25) is 0 Å². The summed E-state index contributed by atoms with van der Waals surface area (Å²) >= 11 is 0. The van der Waals surface area contributed by atoms with Gasteiger partial charge in [0.15, 0.2) is 5.78 Å². The van der Waals surface area contributed by atoms with E-state index < -0.39 is 6.10 Å². The van der Waals surface area contributed by atoms with Crippen molar-refractivity contribution in [3.63, 3.8) is 0 Å². The average molecular weight is 140 g/mol. The first-order valence-corrected chi connectivity index (χ1v) is 3.61. The highest BCUT2D eigenvalue weighted by Gasteiger charge is 2.17. The Morgan fingerprint density at radius 2 is 2.50 bits per heavy atom. The lowest BCUT2D eigenvalue weighted by atomic mass is 9.94. The Bertz CT molecular complexity index is 170. The van der Waals surface area contributed by atoms with Crippen LogP contribution in [0.3, 0.4) is 0 Å². The van der Waals surface area contributed by atoms with Crippen molar-refractivity contribution in [1.29, 1.82) is 0 Å². The number of allylic oxidation sites excluding steroid dienone is 1. The molecule has 0 heterocycles. The van der Waals surface area contributed by atoms with Crippen molar-refractivity contribution in [1.82, 2.24) is 0 Å². The number of aliphatic hydroxyl groups excluding tert-OH is 1. The Morgan fingerprint density at radius 3 is 2.90 bits per heavy atom. The molecule has 0 amide bonds. The van der Waals surface area contributed by atoms with Gasteiger partial charge in [0.2, 0.25) is 0 Å². The number of hydrogen-bond acceptors (Lipinski definition) is 2. The lowest BCUT2D eigenvalue weighted by molar-refractivity contribution is -0.114. The van der Waals surface area contributed by atoms with Gasteiger partial charge in [0.25, 0.3) is 0 Å². The van der Waals surface area contributed by atoms with Gasteiger partial charge in [-0.15, -0.1) is 0 Å². The quantitative estimate of drug-likeness (QED) is 0.591. The van der Waals surface area contributed by atoms with Crippen LogP contribution in [0.1, 0.15) is 26.2 Å². The van der Waals surface area contributed by atoms with E-state index in [-0.39, 0.29) is 5.78 Å². The Balaban J connectivity index is 2.71. The molecule has 1 aliphatic carbocycles. The van der Waals surface area contributed by atoms with Gasteiger partial charge in [0.05, 0.1) is 6.10 Å². The molecule has 1 N–H and O–H groups in total. The van der Waals surface area contributed by atoms with Crippen LogP contribution in [0.5, 0.6) is 0 Å². The normalized spacial score (nSPS) is 25.8. The fourth-order valence-electron chi connectivity index (χ4n) is 1.24. The lowest BCUT2D eigenvalue weighted by Gasteiger charge is -2.16. The summed E-state index contributed by atoms with van der Waals surface area (Å²) in [7, 11) is 0. The molecule has 2 nitrogen and oxygen atoms in total. The second kappa shape index (κ2) is 2.97. The number of Topliss-reactive ketones (excluding diaryl/α,β-unsaturated/α-hetero) is 1. The van der Waals surface area contributed by atoms with Gasteiger partial charge in [-0.1, -0.05) is 6.08 Å². The molecule has 1 atom stereocenters. The maximum atomic E-state index is 10.8. The Kier molecular flexibility index (Phi) is 2.22. The van der Waals surface area contributed by atoms with E-state index in [0.29, 0.717) is 5.57 Å². The molecule has 0 aromatic rings. The first-order chi connectivity index (χ1) is 4.72. The zero-order valence-electron chi connectivity index (χ0n) is 6.13. The van der Waals surface area contributed by atoms with Crippen LogP contribution in [0.25, 0.3) is 0 Å². The van der Waals surface area contributed by atoms with Gasteiger partial charge in [-0.3, -0.25) is 4.79 Å². The van der Waals surface area contributed by atoms with E-state index in [1.807, 2.05) is 6.08 Å². The van der Waals surface area contributed by atoms with E-state index in [1.165, 1.54) is 6.92 Å². The summed E-state index contributed by atoms with van der Waals surface area (Å²) in [6, 6.07) is 0. The molecule has 1 aliphatic rings. The predicted molar refractivity (Wildman–Crippen MR) is 38.6 cm³/mol. The summed E-state index contributed by atoms with van der Waals surface area (Å²) in [4.78, 5) is 10.8. The Hall–Kier alpha value is -0.630. The standard InChI is InChI=1S/C8H12O2/c1-6(9)7-4-2-3-5-8(7)10/h4,8,10H,2-3,5H2,1H3. The number of ketones is 1. The Morgan fingerprint density at radius 1 is 1.80 bits per heavy atom. The molecule has 1 rings (SSSR count). The van der Waals surface area contributed by atoms with Gasteiger partial charge in [-0.05, 0) is 26.2 Å². The van der Waals surface area contributed by atoms with Crippen LogP contribution >= 0.6 is 0 Å². The minimum atomic E-state index is -0.494. The van der Waals surface area contributed by atoms with E-state index >= 15 is 0 Å². The molecule has 10 heavy (non-hydrogen) atoms. The third-order valence-corrected chi connectivity index (χ3v) is 1.81. The van der Waals surface area contributed by atoms with Crippen LogP contribution in [0.4, 0.5) is 0 Å². The van der Waals surface area contributed by atoms with Gasteiger partial charge in [-0.2, -0.15) is 0 Å². The van der Waals surface area contributed by atoms with Gasteiger partial charge >= 0.3 is 0 Å². The zero-order chi connectivity index (χ0) is 7.56. The first kappa shape index (κ1) is 7.48. The second-order valence-corrected chi connectivity index (χ2v) is 2.66. The molecule has 0 fully saturated rings. The number of aliphatic hydroxyl groups is 1. The molecular weight excluding hydrogens is 128 g/mol. The lowest BCUT2D eigenvalue weighted by Crippen LogP contribution is -2.18. The number of carbonyl (C=O) groups excluding carboxylic acids is 1. The molecule has 56 valence electrons. The van der Waals surface area contributed by atoms with Crippen LogP contribution in [0, 0.1) is 0 Å². The minimum absolute atomic E-state index is 0.00667. The third kappa shape index (κ3) is 1.45. The summed E-state index contributed by atoms with van der Waals surface area (Å²) in [5.74, 6) is 0.00667. The summed E-state index contributed by atoms with van der Waals surface area (Å²) in [5, 5.41) is 9.25. The van der Waals surface area contributed by atoms with Gasteiger partial charge in [-0.25, -0.2) is 0 Å². The maximum absolute atomic E-state index is 10.8. The van der Waals surface area contributed by atoms with Crippen molar-refractivity contribution in [3.05, 3.63) is 11.6 Å². The van der Waals surface area contributed by atoms with Gasteiger partial charge < -0.3 is 5.11 Å². The van der Waals surface area contributed by atoms with E-state index in [4.69, 9.17) is 0 Å². The van der Waals surface area contributed by atoms with Crippen molar-refractivity contribution >= 4 is 5.78 Å². The average Bonchev–Trinajstić information content (AvgIpc) is 1.88. The van der Waals surface area contributed by atoms with Gasteiger partial charge in [0, 0.05) is 5.57 Å². The van der Waals surface area contributed by atoms with E-state index in [1.54, 1.807) is 0 Å². The molecule has 0 bridgehead atoms. The van der Waals surface area contributed by atoms with Gasteiger partial charge in [0.1, 0.15) is 0 Å². The fourth-order valence-corrected chi connectivity index (χ4v) is 1.24. The van der Waals surface area contributed by atoms with Crippen molar-refractivity contribution in [3.8, 4) is 0 Å². The van der Waals surface area contributed by atoms with Crippen LogP contribution < -0.4 is 0 Å². The SMILES string of the molecule is CC(=O)C1=CCCCC1O. The summed E-state index contributed by atoms with van der Waals surface area (Å²) in [6.07, 6.45) is 4.03. The molecule has 0 saturated carbocycles. The molecule has 0 aromatic carbocycles. The number of hydrogen-bond donors (Lipinski definition) is 1. The minimum Gasteiger partial charge on any atom is -0.388 e. The van der Waals surface area contributed by atoms with Crippen LogP contribution in [-0.4, -0.2) is 17.0 Å². The summed E-state index contributed by atoms with van der Waals surface area (Å²) in [6.45, 7) is 1.50. The smallest absolute Gasteiger partial charge is 0.158 e. The highest BCUT2D eigenvalue weighted by atomic mass is 16.3. The number of rotatable bonds is 1. The highest BCUT2D eigenvalue weighted by Crippen LogP contribution is 2.18. The monoisotopic (exact) mass is 140 g/mol. The van der Waals surface area contributed by atoms with E-state index in [0.717, 1.165) is 19.3 Å². The Labute approximate surface area is 60.6 Å². The topological polar surface area (TPSA) is 37.3 Å². The van der Waals surface area contributed by atoms with E-state index in [2.05, 4.69) is 0 Å². The molecule has 0 radical (unpaired) electrons. The predicted octanol–water partition coefficient (Wildman–Crippen LogP) is 1.05. The zero-order valence-corrected chi connectivity index (χ0v) is 6.13. The molecule has 1 unspecified atom stereocenters. The number of carbonyl (C=O) groups is 1. The van der Waals surface area contributed by atoms with E-state index in [9.17, 15) is 9.90 Å². The van der Waals surface area contributed by atoms with Crippen molar-refractivity contribution in [2.75, 3.05) is 0 Å². The van der Waals surface area contributed by atoms with Crippen molar-refractivity contribution in [2.24, 2.45) is 0 Å². The summed E-state index contributed by atoms with van der Waals surface area (Å²) in [5.41, 5.74) is 0.603. The molecule has 0 saturated heterocycles. The van der Waals surface area contributed by atoms with Crippen molar-refractivity contribution in [2.45, 2.75) is 32.3 Å². The molecule has 2 heteroatoms.